The molecule has 0 aromatic rings. The molecule has 8 nitrogen and oxygen atoms in total. The summed E-state index contributed by atoms with van der Waals surface area (Å²) >= 11 is 5.70. The average Bonchev–Trinajstić information content (AvgIpc) is 2.78. The fourth-order valence-electron chi connectivity index (χ4n) is 1.53. The predicted octanol–water partition coefficient (Wildman–Crippen LogP) is 0.839. The summed E-state index contributed by atoms with van der Waals surface area (Å²) in [6.45, 7) is 4.61. The summed E-state index contributed by atoms with van der Waals surface area (Å²) in [5.74, 6) is 1.58. The second-order valence-electron chi connectivity index (χ2n) is 4.24. The Morgan fingerprint density at radius 2 is 2.32 bits per heavy atom. The number of hydrogen-bond donors (Lipinski definition) is 1. The van der Waals surface area contributed by atoms with Crippen molar-refractivity contribution in [3.63, 3.8) is 0 Å². The lowest BCUT2D eigenvalue weighted by Gasteiger charge is -2.19. The number of fused-ring (bicyclic) bond motifs is 1. The quantitative estimate of drug-likeness (QED) is 0.469. The number of nitrogens with zero attached hydrogens (tertiary/aromatic N) is 7. The van der Waals surface area contributed by atoms with Crippen LogP contribution in [-0.4, -0.2) is 53.5 Å². The minimum atomic E-state index is -0.431. The summed E-state index contributed by atoms with van der Waals surface area (Å²) in [4.78, 5) is 16.2. The summed E-state index contributed by atoms with van der Waals surface area (Å²) in [5.41, 5.74) is 5.70. The first-order valence-electron chi connectivity index (χ1n) is 5.88. The Balaban J connectivity index is 2.08. The van der Waals surface area contributed by atoms with Crippen molar-refractivity contribution >= 4 is 35.6 Å². The molecule has 1 atom stereocenters. The molecule has 2 aliphatic heterocycles. The van der Waals surface area contributed by atoms with E-state index in [1.165, 1.54) is 6.34 Å². The first kappa shape index (κ1) is 13.6. The molecule has 0 aromatic heterocycles. The van der Waals surface area contributed by atoms with Crippen LogP contribution in [0.15, 0.2) is 30.3 Å². The van der Waals surface area contributed by atoms with Crippen LogP contribution < -0.4 is 5.73 Å². The van der Waals surface area contributed by atoms with E-state index in [4.69, 9.17) is 17.3 Å². The number of nitrogens with two attached hydrogens (primary N) is 1. The fraction of sp³-hybridized carbons (Fsp3) is 0.600. The van der Waals surface area contributed by atoms with Gasteiger partial charge in [-0.15, -0.1) is 11.6 Å². The van der Waals surface area contributed by atoms with Crippen molar-refractivity contribution in [2.45, 2.75) is 25.9 Å². The molecule has 0 saturated heterocycles. The zero-order valence-corrected chi connectivity index (χ0v) is 11.5. The molecule has 19 heavy (non-hydrogen) atoms. The lowest BCUT2D eigenvalue weighted by Crippen LogP contribution is -2.34. The van der Waals surface area contributed by atoms with E-state index in [9.17, 15) is 0 Å². The Kier molecular flexibility index (Phi) is 4.20. The molecule has 102 valence electrons. The van der Waals surface area contributed by atoms with E-state index in [0.29, 0.717) is 24.1 Å². The Labute approximate surface area is 115 Å². The Bertz CT molecular complexity index is 490. The van der Waals surface area contributed by atoms with Gasteiger partial charge in [0.1, 0.15) is 12.2 Å². The third-order valence-corrected chi connectivity index (χ3v) is 2.71. The molecule has 0 amide bonds. The molecule has 9 heteroatoms. The van der Waals surface area contributed by atoms with E-state index in [0.717, 1.165) is 0 Å². The van der Waals surface area contributed by atoms with Gasteiger partial charge in [-0.3, -0.25) is 5.01 Å². The fourth-order valence-corrected chi connectivity index (χ4v) is 1.70. The smallest absolute Gasteiger partial charge is 0.269 e. The molecule has 2 heterocycles. The Hall–Kier alpha value is -1.83. The van der Waals surface area contributed by atoms with Gasteiger partial charge in [-0.2, -0.15) is 4.99 Å². The molecule has 0 aliphatic carbocycles. The van der Waals surface area contributed by atoms with Crippen LogP contribution in [0.5, 0.6) is 0 Å². The third-order valence-electron chi connectivity index (χ3n) is 2.54. The Morgan fingerprint density at radius 1 is 1.53 bits per heavy atom. The van der Waals surface area contributed by atoms with Gasteiger partial charge in [-0.05, 0) is 13.8 Å². The van der Waals surface area contributed by atoms with E-state index < -0.39 is 6.04 Å². The minimum absolute atomic E-state index is 0.198. The second kappa shape index (κ2) is 5.87. The topological polar surface area (TPSA) is 103 Å². The molecule has 0 radical (unpaired) electrons. The van der Waals surface area contributed by atoms with Crippen LogP contribution in [0.4, 0.5) is 0 Å². The summed E-state index contributed by atoms with van der Waals surface area (Å²) in [5, 5.41) is 9.84. The third kappa shape index (κ3) is 3.14. The summed E-state index contributed by atoms with van der Waals surface area (Å²) in [7, 11) is 0. The standard InChI is InChI=1S/C10H15ClN8/c1-6(2)19(4-3-11)18-17-10-15-7-8(12)13-5-14-9(7)16-10/h5-7H,3-4H2,1-2H3,(H2,12,13,14,15,16)/b18-17+. The van der Waals surface area contributed by atoms with Gasteiger partial charge in [-0.25, -0.2) is 15.0 Å². The number of rotatable bonds is 4. The van der Waals surface area contributed by atoms with E-state index in [1.807, 2.05) is 13.8 Å². The van der Waals surface area contributed by atoms with Gasteiger partial charge in [0.25, 0.3) is 5.96 Å². The van der Waals surface area contributed by atoms with Crippen LogP contribution in [0.1, 0.15) is 13.8 Å². The summed E-state index contributed by atoms with van der Waals surface area (Å²) in [6.07, 6.45) is 1.36. The molecular formula is C10H15ClN8. The van der Waals surface area contributed by atoms with Crippen molar-refractivity contribution in [3.05, 3.63) is 0 Å². The monoisotopic (exact) mass is 282 g/mol. The molecule has 0 fully saturated rings. The van der Waals surface area contributed by atoms with Crippen molar-refractivity contribution in [3.8, 4) is 0 Å². The Morgan fingerprint density at radius 3 is 2.95 bits per heavy atom. The van der Waals surface area contributed by atoms with E-state index in [1.54, 1.807) is 5.01 Å². The van der Waals surface area contributed by atoms with Gasteiger partial charge in [0.2, 0.25) is 0 Å². The lowest BCUT2D eigenvalue weighted by molar-refractivity contribution is 0.231. The highest BCUT2D eigenvalue weighted by molar-refractivity contribution is 6.21. The van der Waals surface area contributed by atoms with Crippen molar-refractivity contribution < 1.29 is 0 Å². The highest BCUT2D eigenvalue weighted by Gasteiger charge is 2.27. The summed E-state index contributed by atoms with van der Waals surface area (Å²) in [6, 6.07) is -0.233. The van der Waals surface area contributed by atoms with Crippen LogP contribution in [0.25, 0.3) is 0 Å². The van der Waals surface area contributed by atoms with Crippen molar-refractivity contribution in [2.75, 3.05) is 12.4 Å². The van der Waals surface area contributed by atoms with Crippen molar-refractivity contribution in [1.82, 2.24) is 5.01 Å². The maximum absolute atomic E-state index is 5.70. The molecule has 2 aliphatic rings. The molecule has 0 aromatic carbocycles. The minimum Gasteiger partial charge on any atom is -0.385 e. The van der Waals surface area contributed by atoms with E-state index in [2.05, 4.69) is 30.3 Å². The van der Waals surface area contributed by atoms with E-state index in [-0.39, 0.29) is 12.0 Å². The SMILES string of the molecule is CC(C)N(CCCl)/N=N/C1=NC2C(N)=NC=NC2=N1. The zero-order valence-electron chi connectivity index (χ0n) is 10.7. The zero-order chi connectivity index (χ0) is 13.8. The van der Waals surface area contributed by atoms with Gasteiger partial charge >= 0.3 is 0 Å². The van der Waals surface area contributed by atoms with E-state index >= 15 is 0 Å². The number of amidine groups is 2. The first-order chi connectivity index (χ1) is 9.11. The predicted molar refractivity (Wildman–Crippen MR) is 76.2 cm³/mol. The molecule has 2 N–H and O–H groups in total. The highest BCUT2D eigenvalue weighted by Crippen LogP contribution is 2.12. The van der Waals surface area contributed by atoms with Gasteiger partial charge in [0.15, 0.2) is 11.9 Å². The maximum Gasteiger partial charge on any atom is 0.269 e. The second-order valence-corrected chi connectivity index (χ2v) is 4.61. The molecule has 0 bridgehead atoms. The number of halogens is 1. The van der Waals surface area contributed by atoms with Gasteiger partial charge < -0.3 is 5.73 Å². The first-order valence-corrected chi connectivity index (χ1v) is 6.41. The largest absolute Gasteiger partial charge is 0.385 e. The molecule has 1 unspecified atom stereocenters. The van der Waals surface area contributed by atoms with Crippen LogP contribution in [0.3, 0.4) is 0 Å². The van der Waals surface area contributed by atoms with Crippen LogP contribution >= 0.6 is 11.6 Å². The average molecular weight is 283 g/mol. The van der Waals surface area contributed by atoms with Crippen LogP contribution in [0.2, 0.25) is 0 Å². The maximum atomic E-state index is 5.70. The molecular weight excluding hydrogens is 268 g/mol. The molecule has 2 rings (SSSR count). The number of aliphatic imine (C=N–C) groups is 4. The molecule has 0 spiro atoms. The van der Waals surface area contributed by atoms with Crippen molar-refractivity contribution in [1.29, 1.82) is 0 Å². The number of guanidine groups is 1. The van der Waals surface area contributed by atoms with Gasteiger partial charge in [0.05, 0.1) is 6.54 Å². The molecule has 0 saturated carbocycles. The lowest BCUT2D eigenvalue weighted by atomic mass is 10.2. The normalized spacial score (nSPS) is 21.5. The number of alkyl halides is 1. The van der Waals surface area contributed by atoms with Crippen molar-refractivity contribution in [2.24, 2.45) is 36.0 Å². The highest BCUT2D eigenvalue weighted by atomic mass is 35.5. The van der Waals surface area contributed by atoms with Gasteiger partial charge in [0, 0.05) is 11.9 Å². The number of hydrogen-bond acceptors (Lipinski definition) is 7. The summed E-state index contributed by atoms with van der Waals surface area (Å²) < 4.78 is 0. The van der Waals surface area contributed by atoms with Crippen LogP contribution in [0, 0.1) is 0 Å². The van der Waals surface area contributed by atoms with Crippen LogP contribution in [-0.2, 0) is 0 Å². The van der Waals surface area contributed by atoms with Gasteiger partial charge in [-0.1, -0.05) is 10.3 Å².